The molecule has 1 aliphatic carbocycles. The molecule has 1 saturated carbocycles. The van der Waals surface area contributed by atoms with Crippen LogP contribution in [0.1, 0.15) is 39.7 Å². The molecule has 0 radical (unpaired) electrons. The minimum Gasteiger partial charge on any atom is -0.444 e. The van der Waals surface area contributed by atoms with Crippen molar-refractivity contribution in [3.8, 4) is 0 Å². The molecule has 2 unspecified atom stereocenters. The van der Waals surface area contributed by atoms with Crippen LogP contribution in [0.15, 0.2) is 84.5 Å². The summed E-state index contributed by atoms with van der Waals surface area (Å²) < 4.78 is 5.73. The van der Waals surface area contributed by atoms with Crippen molar-refractivity contribution < 1.29 is 19.1 Å². The summed E-state index contributed by atoms with van der Waals surface area (Å²) in [5.41, 5.74) is 2.61. The number of hydrogen-bond acceptors (Lipinski definition) is 8. The number of hydrogen-bond donors (Lipinski definition) is 1. The number of benzene rings is 2. The first kappa shape index (κ1) is 28.2. The minimum atomic E-state index is -0.864. The smallest absolute Gasteiger partial charge is 0.412 e. The van der Waals surface area contributed by atoms with Gasteiger partial charge in [-0.05, 0) is 60.4 Å². The van der Waals surface area contributed by atoms with E-state index < -0.39 is 17.5 Å². The number of anilines is 2. The molecule has 3 amide bonds. The number of thioether (sulfide) groups is 1. The van der Waals surface area contributed by atoms with E-state index in [2.05, 4.69) is 15.3 Å². The zero-order valence-corrected chi connectivity index (χ0v) is 24.6. The van der Waals surface area contributed by atoms with Crippen molar-refractivity contribution in [2.45, 2.75) is 36.9 Å². The van der Waals surface area contributed by atoms with Gasteiger partial charge in [0.1, 0.15) is 23.2 Å². The van der Waals surface area contributed by atoms with Crippen molar-refractivity contribution in [2.24, 2.45) is 0 Å². The molecule has 3 heterocycles. The fourth-order valence-electron chi connectivity index (χ4n) is 4.61. The average molecular weight is 620 g/mol. The van der Waals surface area contributed by atoms with Crippen molar-refractivity contribution in [3.05, 3.63) is 106 Å². The molecule has 2 aromatic heterocycles. The molecule has 214 valence electrons. The van der Waals surface area contributed by atoms with Crippen molar-refractivity contribution in [1.82, 2.24) is 20.2 Å². The highest BCUT2D eigenvalue weighted by Crippen LogP contribution is 2.44. The van der Waals surface area contributed by atoms with Gasteiger partial charge in [0.15, 0.2) is 5.13 Å². The van der Waals surface area contributed by atoms with Gasteiger partial charge in [0.25, 0.3) is 11.8 Å². The summed E-state index contributed by atoms with van der Waals surface area (Å²) in [6, 6.07) is 19.0. The first-order valence-corrected chi connectivity index (χ1v) is 15.6. The average Bonchev–Trinajstić information content (AvgIpc) is 3.46. The third-order valence-corrected chi connectivity index (χ3v) is 9.15. The van der Waals surface area contributed by atoms with E-state index in [9.17, 15) is 14.4 Å². The monoisotopic (exact) mass is 619 g/mol. The normalized spacial score (nSPS) is 18.0. The van der Waals surface area contributed by atoms with Gasteiger partial charge in [-0.1, -0.05) is 41.9 Å². The number of aromatic nitrogens is 2. The molecule has 42 heavy (non-hydrogen) atoms. The van der Waals surface area contributed by atoms with E-state index in [4.69, 9.17) is 16.3 Å². The molecule has 1 N–H and O–H groups in total. The number of pyridine rings is 1. The maximum atomic E-state index is 14.4. The van der Waals surface area contributed by atoms with Crippen molar-refractivity contribution in [1.29, 1.82) is 0 Å². The van der Waals surface area contributed by atoms with E-state index in [1.807, 2.05) is 30.3 Å². The second kappa shape index (κ2) is 12.5. The molecule has 2 fully saturated rings. The highest BCUT2D eigenvalue weighted by molar-refractivity contribution is 7.99. The van der Waals surface area contributed by atoms with E-state index in [1.54, 1.807) is 54.2 Å². The number of carbonyl (C=O) groups is 3. The lowest BCUT2D eigenvalue weighted by Crippen LogP contribution is -2.48. The molecule has 2 aromatic carbocycles. The second-order valence-corrected chi connectivity index (χ2v) is 12.2. The van der Waals surface area contributed by atoms with E-state index in [1.165, 1.54) is 32.9 Å². The highest BCUT2D eigenvalue weighted by Gasteiger charge is 2.46. The molecule has 1 saturated heterocycles. The van der Waals surface area contributed by atoms with Gasteiger partial charge in [-0.15, -0.1) is 23.1 Å². The van der Waals surface area contributed by atoms with Crippen LogP contribution in [0.5, 0.6) is 0 Å². The SMILES string of the molecule is O=C(NC1CC1)c1ccc(N(C(=O)C2CSC(c3ccnc(Cl)c3)N2C(=O)OCc2ccccc2)c2nccs2)cc1. The number of rotatable bonds is 8. The van der Waals surface area contributed by atoms with E-state index in [0.717, 1.165) is 24.0 Å². The van der Waals surface area contributed by atoms with Crippen LogP contribution in [-0.2, 0) is 16.1 Å². The summed E-state index contributed by atoms with van der Waals surface area (Å²) in [5, 5.41) is 4.98. The Kier molecular flexibility index (Phi) is 8.41. The van der Waals surface area contributed by atoms with Crippen LogP contribution in [0, 0.1) is 0 Å². The van der Waals surface area contributed by atoms with E-state index >= 15 is 0 Å². The maximum Gasteiger partial charge on any atom is 0.412 e. The Hall–Kier alpha value is -3.93. The number of carbonyl (C=O) groups excluding carboxylic acids is 3. The van der Waals surface area contributed by atoms with Crippen LogP contribution in [0.3, 0.4) is 0 Å². The second-order valence-electron chi connectivity index (χ2n) is 9.84. The van der Waals surface area contributed by atoms with Gasteiger partial charge in [-0.25, -0.2) is 14.8 Å². The van der Waals surface area contributed by atoms with Gasteiger partial charge in [0, 0.05) is 35.1 Å². The zero-order chi connectivity index (χ0) is 29.1. The molecule has 12 heteroatoms. The number of nitrogens with one attached hydrogen (secondary N) is 1. The maximum absolute atomic E-state index is 14.4. The Labute approximate surface area is 255 Å². The third kappa shape index (κ3) is 6.28. The molecule has 1 aliphatic heterocycles. The van der Waals surface area contributed by atoms with Crippen molar-refractivity contribution in [2.75, 3.05) is 10.7 Å². The van der Waals surface area contributed by atoms with Gasteiger partial charge < -0.3 is 10.1 Å². The Morgan fingerprint density at radius 2 is 1.81 bits per heavy atom. The van der Waals surface area contributed by atoms with Crippen molar-refractivity contribution in [3.63, 3.8) is 0 Å². The van der Waals surface area contributed by atoms with E-state index in [-0.39, 0.29) is 29.6 Å². The number of ether oxygens (including phenoxy) is 1. The molecular weight excluding hydrogens is 594 g/mol. The summed E-state index contributed by atoms with van der Waals surface area (Å²) in [6.07, 6.45) is 4.56. The topological polar surface area (TPSA) is 105 Å². The van der Waals surface area contributed by atoms with Crippen LogP contribution in [-0.4, -0.2) is 50.6 Å². The molecular formula is C30H26ClN5O4S2. The Balaban J connectivity index is 1.30. The molecule has 0 spiro atoms. The first-order valence-electron chi connectivity index (χ1n) is 13.3. The highest BCUT2D eigenvalue weighted by atomic mass is 35.5. The molecule has 6 rings (SSSR count). The van der Waals surface area contributed by atoms with Crippen LogP contribution < -0.4 is 10.2 Å². The van der Waals surface area contributed by atoms with Crippen LogP contribution in [0.4, 0.5) is 15.6 Å². The summed E-state index contributed by atoms with van der Waals surface area (Å²) in [6.45, 7) is 0.0617. The molecule has 2 aliphatic rings. The van der Waals surface area contributed by atoms with Gasteiger partial charge in [0.2, 0.25) is 0 Å². The Bertz CT molecular complexity index is 1570. The van der Waals surface area contributed by atoms with Crippen LogP contribution in [0.25, 0.3) is 0 Å². The predicted molar refractivity (Wildman–Crippen MR) is 163 cm³/mol. The van der Waals surface area contributed by atoms with Crippen LogP contribution >= 0.6 is 34.7 Å². The van der Waals surface area contributed by atoms with Gasteiger partial charge in [0.05, 0.1) is 5.69 Å². The summed E-state index contributed by atoms with van der Waals surface area (Å²) in [7, 11) is 0. The lowest BCUT2D eigenvalue weighted by Gasteiger charge is -2.31. The third-order valence-electron chi connectivity index (χ3n) is 6.87. The van der Waals surface area contributed by atoms with Gasteiger partial charge in [-0.2, -0.15) is 0 Å². The number of amides is 3. The van der Waals surface area contributed by atoms with Crippen molar-refractivity contribution >= 4 is 63.4 Å². The van der Waals surface area contributed by atoms with E-state index in [0.29, 0.717) is 22.1 Å². The lowest BCUT2D eigenvalue weighted by atomic mass is 10.1. The molecule has 2 atom stereocenters. The number of halogens is 1. The lowest BCUT2D eigenvalue weighted by molar-refractivity contribution is -0.121. The summed E-state index contributed by atoms with van der Waals surface area (Å²) in [5.74, 6) is -0.158. The minimum absolute atomic E-state index is 0.0617. The quantitative estimate of drug-likeness (QED) is 0.234. The fraction of sp³-hybridized carbons (Fsp3) is 0.233. The standard InChI is InChI=1S/C30H26ClN5O4S2/c31-25-16-21(12-13-32-25)28-36(30(39)40-17-19-4-2-1-3-5-19)24(18-42-28)27(38)35(29-33-14-15-41-29)23-10-6-20(7-11-23)26(37)34-22-8-9-22/h1-7,10-16,22,24,28H,8-9,17-18H2,(H,34,37). The molecule has 0 bridgehead atoms. The zero-order valence-electron chi connectivity index (χ0n) is 22.3. The fourth-order valence-corrected chi connectivity index (χ4v) is 6.86. The van der Waals surface area contributed by atoms with Gasteiger partial charge >= 0.3 is 6.09 Å². The Morgan fingerprint density at radius 3 is 2.50 bits per heavy atom. The summed E-state index contributed by atoms with van der Waals surface area (Å²) >= 11 is 8.94. The number of nitrogens with zero attached hydrogens (tertiary/aromatic N) is 4. The molecule has 4 aromatic rings. The Morgan fingerprint density at radius 1 is 1.02 bits per heavy atom. The largest absolute Gasteiger partial charge is 0.444 e. The molecule has 9 nitrogen and oxygen atoms in total. The van der Waals surface area contributed by atoms with Crippen LogP contribution in [0.2, 0.25) is 5.15 Å². The number of thiazole rings is 1. The predicted octanol–water partition coefficient (Wildman–Crippen LogP) is 6.20. The van der Waals surface area contributed by atoms with Gasteiger partial charge in [-0.3, -0.25) is 19.4 Å². The first-order chi connectivity index (χ1) is 20.5. The summed E-state index contributed by atoms with van der Waals surface area (Å²) in [4.78, 5) is 52.0.